The van der Waals surface area contributed by atoms with Crippen LogP contribution in [0.25, 0.3) is 0 Å². The van der Waals surface area contributed by atoms with E-state index in [1.807, 2.05) is 73.2 Å². The summed E-state index contributed by atoms with van der Waals surface area (Å²) in [6, 6.07) is 24.8. The Morgan fingerprint density at radius 2 is 1.58 bits per heavy atom. The van der Waals surface area contributed by atoms with Gasteiger partial charge in [0.15, 0.2) is 0 Å². The number of hydrogen-bond donors (Lipinski definition) is 0. The number of hydrogen-bond acceptors (Lipinski definition) is 6. The second-order valence-electron chi connectivity index (χ2n) is 11.2. The number of nitrogens with zero attached hydrogens (tertiary/aromatic N) is 6. The van der Waals surface area contributed by atoms with Gasteiger partial charge in [-0.25, -0.2) is 4.39 Å². The van der Waals surface area contributed by atoms with Gasteiger partial charge in [-0.3, -0.25) is 24.9 Å². The number of rotatable bonds is 8. The first-order valence-corrected chi connectivity index (χ1v) is 15.0. The van der Waals surface area contributed by atoms with Crippen molar-refractivity contribution in [3.8, 4) is 0 Å². The Labute approximate surface area is 262 Å². The molecule has 2 aliphatic rings. The molecule has 0 fully saturated rings. The zero-order valence-corrected chi connectivity index (χ0v) is 24.6. The quantitative estimate of drug-likeness (QED) is 0.189. The summed E-state index contributed by atoms with van der Waals surface area (Å²) in [4.78, 5) is 25.4. The summed E-state index contributed by atoms with van der Waals surface area (Å²) in [5, 5.41) is 0. The normalized spacial score (nSPS) is 18.3. The van der Waals surface area contributed by atoms with Crippen molar-refractivity contribution in [3.05, 3.63) is 191 Å². The number of pyridine rings is 4. The Kier molecular flexibility index (Phi) is 8.14. The fourth-order valence-electron chi connectivity index (χ4n) is 6.14. The van der Waals surface area contributed by atoms with Crippen LogP contribution in [0.3, 0.4) is 0 Å². The highest BCUT2D eigenvalue weighted by molar-refractivity contribution is 6.07. The molecular formula is C38H31FN6. The molecule has 5 heterocycles. The van der Waals surface area contributed by atoms with Gasteiger partial charge in [0.1, 0.15) is 5.82 Å². The van der Waals surface area contributed by atoms with Gasteiger partial charge in [0.25, 0.3) is 0 Å². The molecule has 6 nitrogen and oxygen atoms in total. The number of aliphatic imine (C=N–C) groups is 1. The van der Waals surface area contributed by atoms with Gasteiger partial charge in [-0.2, -0.15) is 0 Å². The zero-order valence-electron chi connectivity index (χ0n) is 24.6. The van der Waals surface area contributed by atoms with E-state index in [0.717, 1.165) is 50.5 Å². The van der Waals surface area contributed by atoms with Gasteiger partial charge in [0, 0.05) is 62.0 Å². The van der Waals surface area contributed by atoms with Crippen molar-refractivity contribution in [1.82, 2.24) is 24.8 Å². The molecule has 7 heteroatoms. The molecule has 5 aromatic rings. The van der Waals surface area contributed by atoms with Crippen molar-refractivity contribution in [2.24, 2.45) is 4.99 Å². The maximum Gasteiger partial charge on any atom is 0.123 e. The van der Waals surface area contributed by atoms with Crippen LogP contribution in [-0.4, -0.2) is 30.5 Å². The minimum absolute atomic E-state index is 0.163. The Bertz CT molecular complexity index is 1890. The van der Waals surface area contributed by atoms with Gasteiger partial charge in [-0.1, -0.05) is 36.4 Å². The standard InChI is InChI=1S/C38H31FN6/c39-31-12-14-34(30(19-31)20-32-9-1-3-17-42-32)38-37(36-10-2-4-18-43-36)35-21-33(44-24-27-7-5-15-40-22-27)13-11-29(35)26-45(38)25-28-8-6-16-41-23-28/h1-19,21-23,26,37-38H,20,24-25H2/t37-,38-/m0/s1. The van der Waals surface area contributed by atoms with E-state index in [1.165, 1.54) is 0 Å². The summed E-state index contributed by atoms with van der Waals surface area (Å²) in [6.45, 7) is 1.15. The molecule has 0 saturated heterocycles. The number of benzene rings is 1. The summed E-state index contributed by atoms with van der Waals surface area (Å²) >= 11 is 0. The molecule has 7 rings (SSSR count). The molecule has 1 aliphatic carbocycles. The number of allylic oxidation sites excluding steroid dienone is 4. The molecule has 1 aromatic carbocycles. The summed E-state index contributed by atoms with van der Waals surface area (Å²) in [6.07, 6.45) is 20.0. The largest absolute Gasteiger partial charge is 0.364 e. The first-order chi connectivity index (χ1) is 22.2. The van der Waals surface area contributed by atoms with Crippen LogP contribution in [0.5, 0.6) is 0 Å². The second kappa shape index (κ2) is 13.0. The minimum atomic E-state index is -0.269. The van der Waals surface area contributed by atoms with Crippen LogP contribution < -0.4 is 0 Å². The van der Waals surface area contributed by atoms with E-state index < -0.39 is 0 Å². The molecular weight excluding hydrogens is 559 g/mol. The van der Waals surface area contributed by atoms with Crippen molar-refractivity contribution < 1.29 is 4.39 Å². The summed E-state index contributed by atoms with van der Waals surface area (Å²) in [5.41, 5.74) is 8.99. The van der Waals surface area contributed by atoms with Gasteiger partial charge >= 0.3 is 0 Å². The Hall–Kier alpha value is -5.56. The van der Waals surface area contributed by atoms with Crippen LogP contribution in [0.4, 0.5) is 4.39 Å². The van der Waals surface area contributed by atoms with Crippen LogP contribution in [-0.2, 0) is 19.5 Å². The van der Waals surface area contributed by atoms with E-state index in [4.69, 9.17) is 9.98 Å². The highest BCUT2D eigenvalue weighted by Crippen LogP contribution is 2.49. The SMILES string of the molecule is Fc1ccc([C@H]2[C@H](c3ccccn3)C3=CC(=NCc4cccnc4)C=CC3=CN2Cc2cccnc2)c(Cc2ccccn2)c1. The van der Waals surface area contributed by atoms with Crippen LogP contribution in [0, 0.1) is 5.82 Å². The molecule has 0 N–H and O–H groups in total. The van der Waals surface area contributed by atoms with E-state index in [-0.39, 0.29) is 17.8 Å². The van der Waals surface area contributed by atoms with Crippen LogP contribution in [0.2, 0.25) is 0 Å². The lowest BCUT2D eigenvalue weighted by atomic mass is 9.74. The maximum atomic E-state index is 14.9. The first kappa shape index (κ1) is 28.2. The number of halogens is 1. The molecule has 4 aromatic heterocycles. The molecule has 220 valence electrons. The van der Waals surface area contributed by atoms with Gasteiger partial charge in [-0.15, -0.1) is 0 Å². The summed E-state index contributed by atoms with van der Waals surface area (Å²) < 4.78 is 14.9. The lowest BCUT2D eigenvalue weighted by molar-refractivity contribution is 0.233. The molecule has 0 spiro atoms. The van der Waals surface area contributed by atoms with Crippen molar-refractivity contribution in [1.29, 1.82) is 0 Å². The van der Waals surface area contributed by atoms with Gasteiger partial charge in [0.05, 0.1) is 29.9 Å². The van der Waals surface area contributed by atoms with Crippen LogP contribution >= 0.6 is 0 Å². The van der Waals surface area contributed by atoms with E-state index in [0.29, 0.717) is 19.5 Å². The lowest BCUT2D eigenvalue weighted by Gasteiger charge is -2.43. The third kappa shape index (κ3) is 6.38. The molecule has 1 aliphatic heterocycles. The molecule has 2 atom stereocenters. The van der Waals surface area contributed by atoms with Crippen molar-refractivity contribution in [2.75, 3.05) is 0 Å². The number of aromatic nitrogens is 4. The third-order valence-corrected chi connectivity index (χ3v) is 8.17. The summed E-state index contributed by atoms with van der Waals surface area (Å²) in [5.74, 6) is -0.432. The molecule has 0 radical (unpaired) electrons. The van der Waals surface area contributed by atoms with Gasteiger partial charge < -0.3 is 4.90 Å². The van der Waals surface area contributed by atoms with Crippen molar-refractivity contribution >= 4 is 5.71 Å². The van der Waals surface area contributed by atoms with Crippen molar-refractivity contribution in [3.63, 3.8) is 0 Å². The average molecular weight is 591 g/mol. The molecule has 0 amide bonds. The third-order valence-electron chi connectivity index (χ3n) is 8.17. The Morgan fingerprint density at radius 3 is 2.31 bits per heavy atom. The number of fused-ring (bicyclic) bond motifs is 1. The highest BCUT2D eigenvalue weighted by atomic mass is 19.1. The highest BCUT2D eigenvalue weighted by Gasteiger charge is 2.39. The smallest absolute Gasteiger partial charge is 0.123 e. The minimum Gasteiger partial charge on any atom is -0.364 e. The molecule has 0 unspecified atom stereocenters. The van der Waals surface area contributed by atoms with E-state index >= 15 is 0 Å². The molecule has 45 heavy (non-hydrogen) atoms. The Balaban J connectivity index is 1.39. The fraction of sp³-hybridized carbons (Fsp3) is 0.132. The lowest BCUT2D eigenvalue weighted by Crippen LogP contribution is -2.35. The van der Waals surface area contributed by atoms with E-state index in [2.05, 4.69) is 56.4 Å². The van der Waals surface area contributed by atoms with Crippen molar-refractivity contribution in [2.45, 2.75) is 31.5 Å². The predicted molar refractivity (Wildman–Crippen MR) is 174 cm³/mol. The van der Waals surface area contributed by atoms with Crippen LogP contribution in [0.15, 0.2) is 157 Å². The second-order valence-corrected chi connectivity index (χ2v) is 11.2. The monoisotopic (exact) mass is 590 g/mol. The molecule has 0 bridgehead atoms. The van der Waals surface area contributed by atoms with Crippen LogP contribution in [0.1, 0.15) is 45.6 Å². The zero-order chi connectivity index (χ0) is 30.4. The maximum absolute atomic E-state index is 14.9. The Morgan fingerprint density at radius 1 is 0.778 bits per heavy atom. The summed E-state index contributed by atoms with van der Waals surface area (Å²) in [7, 11) is 0. The fourth-order valence-corrected chi connectivity index (χ4v) is 6.14. The van der Waals surface area contributed by atoms with E-state index in [1.54, 1.807) is 30.7 Å². The van der Waals surface area contributed by atoms with Gasteiger partial charge in [0.2, 0.25) is 0 Å². The predicted octanol–water partition coefficient (Wildman–Crippen LogP) is 7.36. The average Bonchev–Trinajstić information content (AvgIpc) is 3.09. The first-order valence-electron chi connectivity index (χ1n) is 15.0. The van der Waals surface area contributed by atoms with Gasteiger partial charge in [-0.05, 0) is 94.1 Å². The van der Waals surface area contributed by atoms with E-state index in [9.17, 15) is 4.39 Å². The molecule has 0 saturated carbocycles. The topological polar surface area (TPSA) is 67.2 Å².